The maximum atomic E-state index is 12.6. The van der Waals surface area contributed by atoms with Crippen LogP contribution >= 0.6 is 15.9 Å². The number of rotatable bonds is 7. The van der Waals surface area contributed by atoms with E-state index in [-0.39, 0.29) is 18.6 Å². The van der Waals surface area contributed by atoms with E-state index in [1.165, 1.54) is 0 Å². The second-order valence-corrected chi connectivity index (χ2v) is 10.3. The highest BCUT2D eigenvalue weighted by Crippen LogP contribution is 2.42. The smallest absolute Gasteiger partial charge is 0.331 e. The number of nitrogens with zero attached hydrogens (tertiary/aromatic N) is 2. The van der Waals surface area contributed by atoms with Crippen LogP contribution in [0.3, 0.4) is 0 Å². The van der Waals surface area contributed by atoms with Gasteiger partial charge in [0.05, 0.1) is 11.4 Å². The Labute approximate surface area is 224 Å². The zero-order valence-electron chi connectivity index (χ0n) is 21.4. The van der Waals surface area contributed by atoms with Crippen LogP contribution < -0.4 is 4.74 Å². The normalized spacial score (nSPS) is 17.2. The van der Waals surface area contributed by atoms with Crippen LogP contribution in [-0.4, -0.2) is 31.9 Å². The standard InChI is InChI=1S/C29H29BrN2O5/c1-16-11-12-29(28(35)36,14-22(16)27(33)34)24-7-6-8-25(30)23(24)15-37-26-10-9-21(13-17(26)2)32-20(5)18(3)19(4)31-32/h6-13H,14-15H2,1-5H3,(H,33,34)(H,35,36). The highest BCUT2D eigenvalue weighted by atomic mass is 79.9. The topological polar surface area (TPSA) is 102 Å². The van der Waals surface area contributed by atoms with Gasteiger partial charge >= 0.3 is 11.9 Å². The van der Waals surface area contributed by atoms with Crippen molar-refractivity contribution in [3.05, 3.63) is 97.8 Å². The molecule has 0 saturated heterocycles. The molecule has 3 aromatic rings. The quantitative estimate of drug-likeness (QED) is 0.358. The van der Waals surface area contributed by atoms with Crippen LogP contribution in [0.4, 0.5) is 0 Å². The number of halogens is 1. The number of benzene rings is 2. The summed E-state index contributed by atoms with van der Waals surface area (Å²) in [6.07, 6.45) is 3.01. The number of allylic oxidation sites excluding steroid dienone is 2. The number of aryl methyl sites for hydroxylation is 2. The van der Waals surface area contributed by atoms with Crippen molar-refractivity contribution in [1.82, 2.24) is 9.78 Å². The highest BCUT2D eigenvalue weighted by molar-refractivity contribution is 9.10. The monoisotopic (exact) mass is 564 g/mol. The summed E-state index contributed by atoms with van der Waals surface area (Å²) < 4.78 is 8.80. The lowest BCUT2D eigenvalue weighted by atomic mass is 9.70. The molecule has 8 heteroatoms. The molecule has 0 bridgehead atoms. The molecular weight excluding hydrogens is 536 g/mol. The van der Waals surface area contributed by atoms with E-state index in [9.17, 15) is 19.8 Å². The summed E-state index contributed by atoms with van der Waals surface area (Å²) in [6.45, 7) is 9.80. The molecule has 2 aromatic carbocycles. The van der Waals surface area contributed by atoms with Gasteiger partial charge < -0.3 is 14.9 Å². The summed E-state index contributed by atoms with van der Waals surface area (Å²) in [5.74, 6) is -1.57. The first kappa shape index (κ1) is 26.4. The SMILES string of the molecule is CC1=C(C(=O)O)CC(C(=O)O)(c2cccc(Br)c2COc2ccc(-n3nc(C)c(C)c3C)cc2C)C=C1. The van der Waals surface area contributed by atoms with Gasteiger partial charge in [0.2, 0.25) is 0 Å². The molecule has 37 heavy (non-hydrogen) atoms. The van der Waals surface area contributed by atoms with Crippen LogP contribution in [0.1, 0.15) is 47.0 Å². The van der Waals surface area contributed by atoms with Crippen molar-refractivity contribution < 1.29 is 24.5 Å². The Kier molecular flexibility index (Phi) is 7.15. The third-order valence-corrected chi connectivity index (χ3v) is 7.96. The molecule has 0 amide bonds. The van der Waals surface area contributed by atoms with Gasteiger partial charge in [0, 0.05) is 27.7 Å². The Hall–Kier alpha value is -3.65. The molecule has 1 heterocycles. The van der Waals surface area contributed by atoms with E-state index in [0.29, 0.717) is 26.9 Å². The van der Waals surface area contributed by atoms with Crippen molar-refractivity contribution in [3.8, 4) is 11.4 Å². The molecule has 192 valence electrons. The molecule has 1 unspecified atom stereocenters. The lowest BCUT2D eigenvalue weighted by Crippen LogP contribution is -2.38. The Bertz CT molecular complexity index is 1480. The molecule has 7 nitrogen and oxygen atoms in total. The minimum Gasteiger partial charge on any atom is -0.489 e. The number of carbonyl (C=O) groups is 2. The summed E-state index contributed by atoms with van der Waals surface area (Å²) in [4.78, 5) is 24.5. The summed E-state index contributed by atoms with van der Waals surface area (Å²) in [5.41, 5.74) is 5.30. The molecule has 0 saturated carbocycles. The van der Waals surface area contributed by atoms with Crippen LogP contribution in [0.2, 0.25) is 0 Å². The van der Waals surface area contributed by atoms with Crippen LogP contribution in [-0.2, 0) is 21.6 Å². The lowest BCUT2D eigenvalue weighted by molar-refractivity contribution is -0.142. The number of ether oxygens (including phenoxy) is 1. The van der Waals surface area contributed by atoms with Gasteiger partial charge in [-0.1, -0.05) is 40.2 Å². The van der Waals surface area contributed by atoms with E-state index >= 15 is 0 Å². The van der Waals surface area contributed by atoms with Gasteiger partial charge in [-0.2, -0.15) is 5.10 Å². The Balaban J connectivity index is 1.68. The van der Waals surface area contributed by atoms with Gasteiger partial charge in [0.1, 0.15) is 17.8 Å². The number of hydrogen-bond acceptors (Lipinski definition) is 4. The van der Waals surface area contributed by atoms with Gasteiger partial charge in [-0.25, -0.2) is 9.48 Å². The zero-order chi connectivity index (χ0) is 27.1. The molecule has 0 fully saturated rings. The second-order valence-electron chi connectivity index (χ2n) is 9.47. The van der Waals surface area contributed by atoms with Crippen LogP contribution in [0.5, 0.6) is 5.75 Å². The molecule has 0 spiro atoms. The number of carboxylic acid groups (broad SMARTS) is 2. The Morgan fingerprint density at radius 3 is 2.43 bits per heavy atom. The first-order valence-corrected chi connectivity index (χ1v) is 12.7. The molecule has 0 aliphatic heterocycles. The summed E-state index contributed by atoms with van der Waals surface area (Å²) >= 11 is 3.56. The first-order chi connectivity index (χ1) is 17.5. The number of aliphatic carboxylic acids is 2. The molecule has 1 atom stereocenters. The Morgan fingerprint density at radius 1 is 1.11 bits per heavy atom. The van der Waals surface area contributed by atoms with E-state index in [4.69, 9.17) is 4.74 Å². The fourth-order valence-corrected chi connectivity index (χ4v) is 5.19. The maximum Gasteiger partial charge on any atom is 0.331 e. The van der Waals surface area contributed by atoms with Crippen LogP contribution in [0, 0.1) is 27.7 Å². The summed E-state index contributed by atoms with van der Waals surface area (Å²) in [7, 11) is 0. The van der Waals surface area contributed by atoms with Gasteiger partial charge in [-0.15, -0.1) is 0 Å². The second kappa shape index (κ2) is 10.0. The van der Waals surface area contributed by atoms with Gasteiger partial charge in [0.25, 0.3) is 0 Å². The maximum absolute atomic E-state index is 12.6. The molecular formula is C29H29BrN2O5. The molecule has 1 aliphatic carbocycles. The highest BCUT2D eigenvalue weighted by Gasteiger charge is 2.44. The van der Waals surface area contributed by atoms with E-state index in [1.54, 1.807) is 31.2 Å². The van der Waals surface area contributed by atoms with Crippen LogP contribution in [0.15, 0.2) is 64.2 Å². The van der Waals surface area contributed by atoms with E-state index in [0.717, 1.165) is 28.2 Å². The van der Waals surface area contributed by atoms with Gasteiger partial charge in [-0.05, 0) is 81.1 Å². The van der Waals surface area contributed by atoms with Gasteiger partial charge in [-0.3, -0.25) is 4.79 Å². The lowest BCUT2D eigenvalue weighted by Gasteiger charge is -2.32. The van der Waals surface area contributed by atoms with E-state index in [2.05, 4.69) is 28.0 Å². The van der Waals surface area contributed by atoms with Crippen molar-refractivity contribution in [1.29, 1.82) is 0 Å². The first-order valence-electron chi connectivity index (χ1n) is 11.9. The minimum absolute atomic E-state index is 0.0857. The molecule has 2 N–H and O–H groups in total. The minimum atomic E-state index is -1.53. The largest absolute Gasteiger partial charge is 0.489 e. The average Bonchev–Trinajstić information content (AvgIpc) is 3.11. The average molecular weight is 565 g/mol. The molecule has 1 aliphatic rings. The predicted octanol–water partition coefficient (Wildman–Crippen LogP) is 6.13. The van der Waals surface area contributed by atoms with E-state index in [1.807, 2.05) is 49.7 Å². The van der Waals surface area contributed by atoms with Crippen molar-refractivity contribution in [2.45, 2.75) is 53.1 Å². The van der Waals surface area contributed by atoms with Crippen molar-refractivity contribution in [3.63, 3.8) is 0 Å². The molecule has 4 rings (SSSR count). The number of hydrogen-bond donors (Lipinski definition) is 2. The Morgan fingerprint density at radius 2 is 1.84 bits per heavy atom. The number of aromatic nitrogens is 2. The fraction of sp³-hybridized carbons (Fsp3) is 0.276. The van der Waals surface area contributed by atoms with Crippen LogP contribution in [0.25, 0.3) is 5.69 Å². The third kappa shape index (κ3) is 4.73. The molecule has 1 aromatic heterocycles. The van der Waals surface area contributed by atoms with E-state index < -0.39 is 17.4 Å². The predicted molar refractivity (Wildman–Crippen MR) is 144 cm³/mol. The van der Waals surface area contributed by atoms with Gasteiger partial charge in [0.15, 0.2) is 0 Å². The van der Waals surface area contributed by atoms with Crippen molar-refractivity contribution >= 4 is 27.9 Å². The number of carboxylic acids is 2. The molecule has 0 radical (unpaired) electrons. The third-order valence-electron chi connectivity index (χ3n) is 7.22. The zero-order valence-corrected chi connectivity index (χ0v) is 23.0. The van der Waals surface area contributed by atoms with Crippen molar-refractivity contribution in [2.24, 2.45) is 0 Å². The van der Waals surface area contributed by atoms with Crippen molar-refractivity contribution in [2.75, 3.05) is 0 Å². The summed E-state index contributed by atoms with van der Waals surface area (Å²) in [5, 5.41) is 24.6. The fourth-order valence-electron chi connectivity index (χ4n) is 4.71. The summed E-state index contributed by atoms with van der Waals surface area (Å²) in [6, 6.07) is 11.1.